The predicted molar refractivity (Wildman–Crippen MR) is 124 cm³/mol. The second-order valence-corrected chi connectivity index (χ2v) is 10.5. The number of sulfonamides is 1. The molecule has 1 amide bonds. The molecule has 1 saturated heterocycles. The van der Waals surface area contributed by atoms with Gasteiger partial charge < -0.3 is 0 Å². The Hall–Kier alpha value is -2.55. The maximum atomic E-state index is 12.9. The number of carbonyl (C=O) groups excluding carboxylic acids is 1. The molecule has 2 aromatic carbocycles. The number of nitrogens with one attached hydrogen (secondary N) is 1. The average Bonchev–Trinajstić information content (AvgIpc) is 3.05. The first kappa shape index (κ1) is 21.7. The van der Waals surface area contributed by atoms with Crippen molar-refractivity contribution >= 4 is 32.4 Å². The van der Waals surface area contributed by atoms with Crippen molar-refractivity contribution in [3.63, 3.8) is 0 Å². The molecule has 0 unspecified atom stereocenters. The average molecular weight is 456 g/mol. The van der Waals surface area contributed by atoms with Crippen LogP contribution in [0, 0.1) is 6.92 Å². The van der Waals surface area contributed by atoms with Crippen LogP contribution in [0.1, 0.15) is 41.6 Å². The van der Waals surface area contributed by atoms with Gasteiger partial charge in [0, 0.05) is 29.6 Å². The summed E-state index contributed by atoms with van der Waals surface area (Å²) in [5, 5.41) is 5.17. The Labute approximate surface area is 187 Å². The SMILES string of the molecule is Cc1ccc(C(=O)Nc2nc(-c3ccc(S(=O)(=O)N4CCCCCC4)cc3)cs2)cc1. The van der Waals surface area contributed by atoms with Gasteiger partial charge in [0.05, 0.1) is 10.6 Å². The zero-order valence-corrected chi connectivity index (χ0v) is 19.0. The summed E-state index contributed by atoms with van der Waals surface area (Å²) in [6.07, 6.45) is 3.98. The Bertz CT molecular complexity index is 1150. The highest BCUT2D eigenvalue weighted by molar-refractivity contribution is 7.89. The molecule has 2 heterocycles. The summed E-state index contributed by atoms with van der Waals surface area (Å²) in [6.45, 7) is 3.14. The lowest BCUT2D eigenvalue weighted by Crippen LogP contribution is -2.31. The van der Waals surface area contributed by atoms with Gasteiger partial charge in [-0.3, -0.25) is 10.1 Å². The van der Waals surface area contributed by atoms with E-state index in [2.05, 4.69) is 10.3 Å². The smallest absolute Gasteiger partial charge is 0.257 e. The Kier molecular flexibility index (Phi) is 6.50. The third kappa shape index (κ3) is 5.03. The summed E-state index contributed by atoms with van der Waals surface area (Å²) in [5.74, 6) is -0.209. The van der Waals surface area contributed by atoms with Gasteiger partial charge in [0.1, 0.15) is 0 Å². The van der Waals surface area contributed by atoms with Gasteiger partial charge in [-0.25, -0.2) is 13.4 Å². The molecule has 6 nitrogen and oxygen atoms in total. The lowest BCUT2D eigenvalue weighted by Gasteiger charge is -2.19. The van der Waals surface area contributed by atoms with Crippen molar-refractivity contribution < 1.29 is 13.2 Å². The van der Waals surface area contributed by atoms with Crippen LogP contribution in [0.15, 0.2) is 58.8 Å². The third-order valence-electron chi connectivity index (χ3n) is 5.39. The van der Waals surface area contributed by atoms with Crippen molar-refractivity contribution in [1.29, 1.82) is 0 Å². The Morgan fingerprint density at radius 2 is 1.61 bits per heavy atom. The Balaban J connectivity index is 1.46. The van der Waals surface area contributed by atoms with E-state index >= 15 is 0 Å². The lowest BCUT2D eigenvalue weighted by atomic mass is 10.1. The Morgan fingerprint density at radius 3 is 2.26 bits per heavy atom. The second-order valence-electron chi connectivity index (χ2n) is 7.70. The number of nitrogens with zero attached hydrogens (tertiary/aromatic N) is 2. The number of anilines is 1. The predicted octanol–water partition coefficient (Wildman–Crippen LogP) is 4.94. The summed E-state index contributed by atoms with van der Waals surface area (Å²) < 4.78 is 27.5. The monoisotopic (exact) mass is 455 g/mol. The zero-order valence-electron chi connectivity index (χ0n) is 17.4. The highest BCUT2D eigenvalue weighted by Gasteiger charge is 2.25. The molecule has 1 aliphatic heterocycles. The first-order chi connectivity index (χ1) is 14.9. The minimum Gasteiger partial charge on any atom is -0.298 e. The lowest BCUT2D eigenvalue weighted by molar-refractivity contribution is 0.102. The van der Waals surface area contributed by atoms with E-state index in [1.165, 1.54) is 11.3 Å². The van der Waals surface area contributed by atoms with Gasteiger partial charge in [0.2, 0.25) is 10.0 Å². The summed E-state index contributed by atoms with van der Waals surface area (Å²) in [4.78, 5) is 17.2. The molecule has 0 bridgehead atoms. The molecule has 1 aromatic heterocycles. The largest absolute Gasteiger partial charge is 0.298 e. The third-order valence-corrected chi connectivity index (χ3v) is 8.06. The van der Waals surface area contributed by atoms with Crippen LogP contribution >= 0.6 is 11.3 Å². The zero-order chi connectivity index (χ0) is 21.8. The first-order valence-corrected chi connectivity index (χ1v) is 12.7. The Morgan fingerprint density at radius 1 is 0.968 bits per heavy atom. The number of thiazole rings is 1. The number of carbonyl (C=O) groups is 1. The van der Waals surface area contributed by atoms with E-state index in [-0.39, 0.29) is 5.91 Å². The highest BCUT2D eigenvalue weighted by atomic mass is 32.2. The topological polar surface area (TPSA) is 79.4 Å². The van der Waals surface area contributed by atoms with Crippen molar-refractivity contribution in [1.82, 2.24) is 9.29 Å². The normalized spacial score (nSPS) is 15.4. The van der Waals surface area contributed by atoms with E-state index in [0.717, 1.165) is 36.8 Å². The molecule has 31 heavy (non-hydrogen) atoms. The van der Waals surface area contributed by atoms with E-state index in [1.54, 1.807) is 40.7 Å². The maximum Gasteiger partial charge on any atom is 0.257 e. The number of aromatic nitrogens is 1. The number of amides is 1. The fourth-order valence-electron chi connectivity index (χ4n) is 3.57. The van der Waals surface area contributed by atoms with E-state index < -0.39 is 10.0 Å². The summed E-state index contributed by atoms with van der Waals surface area (Å²) in [6, 6.07) is 14.2. The number of aryl methyl sites for hydroxylation is 1. The quantitative estimate of drug-likeness (QED) is 0.591. The van der Waals surface area contributed by atoms with Gasteiger partial charge >= 0.3 is 0 Å². The second kappa shape index (κ2) is 9.30. The number of hydrogen-bond acceptors (Lipinski definition) is 5. The molecular formula is C23H25N3O3S2. The summed E-state index contributed by atoms with van der Waals surface area (Å²) >= 11 is 1.34. The minimum atomic E-state index is -3.47. The molecule has 0 saturated carbocycles. The van der Waals surface area contributed by atoms with E-state index in [1.807, 2.05) is 24.4 Å². The van der Waals surface area contributed by atoms with Crippen LogP contribution in [0.3, 0.4) is 0 Å². The molecule has 162 valence electrons. The molecule has 4 rings (SSSR count). The van der Waals surface area contributed by atoms with Gasteiger partial charge in [0.15, 0.2) is 5.13 Å². The number of rotatable bonds is 5. The van der Waals surface area contributed by atoms with Gasteiger partial charge in [-0.15, -0.1) is 11.3 Å². The molecule has 0 radical (unpaired) electrons. The van der Waals surface area contributed by atoms with Crippen LogP contribution in [0.25, 0.3) is 11.3 Å². The van der Waals surface area contributed by atoms with Gasteiger partial charge in [-0.05, 0) is 44.0 Å². The number of benzene rings is 2. The fourth-order valence-corrected chi connectivity index (χ4v) is 5.80. The van der Waals surface area contributed by atoms with E-state index in [9.17, 15) is 13.2 Å². The molecule has 1 aliphatic rings. The summed E-state index contributed by atoms with van der Waals surface area (Å²) in [7, 11) is -3.47. The first-order valence-electron chi connectivity index (χ1n) is 10.4. The number of hydrogen-bond donors (Lipinski definition) is 1. The molecule has 8 heteroatoms. The van der Waals surface area contributed by atoms with Crippen LogP contribution in [-0.4, -0.2) is 36.7 Å². The van der Waals surface area contributed by atoms with Crippen LogP contribution < -0.4 is 5.32 Å². The molecule has 0 atom stereocenters. The highest BCUT2D eigenvalue weighted by Crippen LogP contribution is 2.27. The fraction of sp³-hybridized carbons (Fsp3) is 0.304. The minimum absolute atomic E-state index is 0.209. The summed E-state index contributed by atoms with van der Waals surface area (Å²) in [5.41, 5.74) is 3.17. The van der Waals surface area contributed by atoms with Crippen molar-refractivity contribution in [2.75, 3.05) is 18.4 Å². The van der Waals surface area contributed by atoms with Gasteiger partial charge in [0.25, 0.3) is 5.91 Å². The van der Waals surface area contributed by atoms with Crippen LogP contribution in [-0.2, 0) is 10.0 Å². The molecule has 3 aromatic rings. The van der Waals surface area contributed by atoms with Crippen molar-refractivity contribution in [3.8, 4) is 11.3 Å². The van der Waals surface area contributed by atoms with E-state index in [4.69, 9.17) is 0 Å². The molecule has 1 fully saturated rings. The van der Waals surface area contributed by atoms with Crippen LogP contribution in [0.2, 0.25) is 0 Å². The van der Waals surface area contributed by atoms with Crippen LogP contribution in [0.5, 0.6) is 0 Å². The van der Waals surface area contributed by atoms with Crippen LogP contribution in [0.4, 0.5) is 5.13 Å². The van der Waals surface area contributed by atoms with Gasteiger partial charge in [-0.2, -0.15) is 4.31 Å². The molecular weight excluding hydrogens is 430 g/mol. The maximum absolute atomic E-state index is 12.9. The van der Waals surface area contributed by atoms with Crippen molar-refractivity contribution in [3.05, 3.63) is 65.0 Å². The van der Waals surface area contributed by atoms with E-state index in [0.29, 0.717) is 34.4 Å². The molecule has 0 spiro atoms. The van der Waals surface area contributed by atoms with Crippen molar-refractivity contribution in [2.45, 2.75) is 37.5 Å². The standard InChI is InChI=1S/C23H25N3O3S2/c1-17-6-8-19(9-7-17)22(27)25-23-24-21(16-30-23)18-10-12-20(13-11-18)31(28,29)26-14-4-2-3-5-15-26/h6-13,16H,2-5,14-15H2,1H3,(H,24,25,27). The van der Waals surface area contributed by atoms with Gasteiger partial charge in [-0.1, -0.05) is 42.7 Å². The molecule has 0 aliphatic carbocycles. The molecule has 1 N–H and O–H groups in total. The van der Waals surface area contributed by atoms with Crippen molar-refractivity contribution in [2.24, 2.45) is 0 Å².